The number of pyridine rings is 1. The van der Waals surface area contributed by atoms with E-state index in [0.29, 0.717) is 40.7 Å². The summed E-state index contributed by atoms with van der Waals surface area (Å²) in [7, 11) is 1.62. The molecule has 0 unspecified atom stereocenters. The number of rotatable bonds is 8. The van der Waals surface area contributed by atoms with Crippen LogP contribution in [-0.4, -0.2) is 46.1 Å². The van der Waals surface area contributed by atoms with Gasteiger partial charge in [0.25, 0.3) is 0 Å². The van der Waals surface area contributed by atoms with Crippen LogP contribution < -0.4 is 20.5 Å². The highest BCUT2D eigenvalue weighted by Gasteiger charge is 2.40. The third-order valence-corrected chi connectivity index (χ3v) is 5.82. The first-order valence-electron chi connectivity index (χ1n) is 10.8. The molecule has 1 aliphatic heterocycles. The zero-order chi connectivity index (χ0) is 23.7. The van der Waals surface area contributed by atoms with Crippen LogP contribution >= 0.6 is 0 Å². The molecule has 3 heterocycles. The van der Waals surface area contributed by atoms with Crippen LogP contribution in [0.15, 0.2) is 53.9 Å². The lowest BCUT2D eigenvalue weighted by molar-refractivity contribution is -0.00915. The Morgan fingerprint density at radius 1 is 1.09 bits per heavy atom. The van der Waals surface area contributed by atoms with E-state index in [2.05, 4.69) is 31.1 Å². The molecule has 9 nitrogen and oxygen atoms in total. The number of hydrogen-bond acceptors (Lipinski definition) is 9. The molecule has 2 N–H and O–H groups in total. The maximum absolute atomic E-state index is 13.1. The Morgan fingerprint density at radius 2 is 1.88 bits per heavy atom. The van der Waals surface area contributed by atoms with Gasteiger partial charge in [0.1, 0.15) is 11.6 Å². The number of aromatic nitrogens is 3. The van der Waals surface area contributed by atoms with Gasteiger partial charge in [0.15, 0.2) is 5.84 Å². The number of halogens is 2. The largest absolute Gasteiger partial charge is 0.495 e. The maximum atomic E-state index is 13.1. The molecule has 1 saturated carbocycles. The molecular formula is C23H23F2N7O2. The number of aryl methyl sites for hydroxylation is 1. The van der Waals surface area contributed by atoms with Gasteiger partial charge in [-0.15, -0.1) is 10.6 Å². The first-order chi connectivity index (χ1) is 16.5. The molecule has 0 bridgehead atoms. The highest BCUT2D eigenvalue weighted by Crippen LogP contribution is 2.47. The number of nitrogens with one attached hydrogen (secondary N) is 2. The van der Waals surface area contributed by atoms with Crippen LogP contribution in [0.1, 0.15) is 29.4 Å². The summed E-state index contributed by atoms with van der Waals surface area (Å²) in [5, 5.41) is 4.53. The van der Waals surface area contributed by atoms with E-state index in [1.165, 1.54) is 0 Å². The first-order valence-corrected chi connectivity index (χ1v) is 10.8. The molecule has 0 radical (unpaired) electrons. The molecule has 0 amide bonds. The van der Waals surface area contributed by atoms with Crippen LogP contribution in [0.4, 0.5) is 8.78 Å². The van der Waals surface area contributed by atoms with Crippen LogP contribution in [0.3, 0.4) is 0 Å². The average molecular weight is 467 g/mol. The Balaban J connectivity index is 1.29. The second kappa shape index (κ2) is 9.18. The van der Waals surface area contributed by atoms with E-state index >= 15 is 0 Å². The highest BCUT2D eigenvalue weighted by molar-refractivity contribution is 5.99. The van der Waals surface area contributed by atoms with Crippen molar-refractivity contribution in [2.45, 2.75) is 25.8 Å². The molecule has 3 aromatic rings. The number of hydrogen-bond donors (Lipinski definition) is 2. The molecule has 0 saturated heterocycles. The molecule has 5 rings (SSSR count). The number of ether oxygens (including phenoxy) is 2. The van der Waals surface area contributed by atoms with Crippen molar-refractivity contribution >= 4 is 5.84 Å². The second-order valence-electron chi connectivity index (χ2n) is 8.06. The summed E-state index contributed by atoms with van der Waals surface area (Å²) in [4.78, 5) is 13.3. The Bertz CT molecular complexity index is 1190. The monoisotopic (exact) mass is 467 g/mol. The van der Waals surface area contributed by atoms with E-state index in [1.54, 1.807) is 38.6 Å². The fourth-order valence-corrected chi connectivity index (χ4v) is 3.85. The van der Waals surface area contributed by atoms with E-state index in [-0.39, 0.29) is 5.84 Å². The van der Waals surface area contributed by atoms with E-state index in [9.17, 15) is 8.78 Å². The van der Waals surface area contributed by atoms with Crippen LogP contribution in [0.25, 0.3) is 11.1 Å². The van der Waals surface area contributed by atoms with Crippen molar-refractivity contribution < 1.29 is 18.3 Å². The number of alkyl halides is 2. The van der Waals surface area contributed by atoms with Crippen molar-refractivity contribution in [3.63, 3.8) is 0 Å². The van der Waals surface area contributed by atoms with Gasteiger partial charge >= 0.3 is 6.55 Å². The number of benzene rings is 1. The molecule has 1 aromatic carbocycles. The maximum Gasteiger partial charge on any atom is 0.330 e. The van der Waals surface area contributed by atoms with Gasteiger partial charge < -0.3 is 9.47 Å². The van der Waals surface area contributed by atoms with Gasteiger partial charge in [-0.1, -0.05) is 24.3 Å². The minimum Gasteiger partial charge on any atom is -0.495 e. The predicted octanol–water partition coefficient (Wildman–Crippen LogP) is 3.25. The van der Waals surface area contributed by atoms with Crippen molar-refractivity contribution in [3.05, 3.63) is 65.9 Å². The van der Waals surface area contributed by atoms with Crippen LogP contribution in [0.5, 0.6) is 11.6 Å². The summed E-state index contributed by atoms with van der Waals surface area (Å²) in [5.41, 5.74) is 7.75. The molecule has 34 heavy (non-hydrogen) atoms. The summed E-state index contributed by atoms with van der Waals surface area (Å²) < 4.78 is 37.6. The minimum atomic E-state index is -2.74. The summed E-state index contributed by atoms with van der Waals surface area (Å²) in [6.07, 6.45) is 4.44. The molecular weight excluding hydrogens is 444 g/mol. The first kappa shape index (κ1) is 22.0. The molecule has 176 valence electrons. The standard InChI is InChI=1S/C23H23F2N7O2/c1-13-26-11-19(14-3-5-15(6-4-14)21-29-30-31-32(21)23(24)25)22(28-13)34-12-16-9-18(16)20-8-7-17(33-2)10-27-20/h3-8,10-11,16,18,23,30-31H,9,12H2,1-2H3/t16-,18+/m1/s1. The van der Waals surface area contributed by atoms with Gasteiger partial charge in [-0.2, -0.15) is 13.8 Å². The zero-order valence-electron chi connectivity index (χ0n) is 18.6. The van der Waals surface area contributed by atoms with Crippen LogP contribution in [0, 0.1) is 12.8 Å². The van der Waals surface area contributed by atoms with Crippen molar-refractivity contribution in [2.75, 3.05) is 13.7 Å². The van der Waals surface area contributed by atoms with E-state index in [0.717, 1.165) is 29.0 Å². The van der Waals surface area contributed by atoms with Crippen molar-refractivity contribution in [1.82, 2.24) is 31.0 Å². The normalized spacial score (nSPS) is 19.1. The van der Waals surface area contributed by atoms with Crippen LogP contribution in [-0.2, 0) is 0 Å². The van der Waals surface area contributed by atoms with E-state index in [1.807, 2.05) is 24.3 Å². The molecule has 0 spiro atoms. The Labute approximate surface area is 194 Å². The Morgan fingerprint density at radius 3 is 2.59 bits per heavy atom. The highest BCUT2D eigenvalue weighted by atomic mass is 19.3. The smallest absolute Gasteiger partial charge is 0.330 e. The Hall–Kier alpha value is -3.86. The molecule has 2 atom stereocenters. The van der Waals surface area contributed by atoms with Crippen LogP contribution in [0.2, 0.25) is 0 Å². The number of hydrazone groups is 1. The lowest BCUT2D eigenvalue weighted by atomic mass is 10.1. The van der Waals surface area contributed by atoms with Crippen molar-refractivity contribution in [2.24, 2.45) is 11.0 Å². The van der Waals surface area contributed by atoms with E-state index < -0.39 is 6.55 Å². The quantitative estimate of drug-likeness (QED) is 0.488. The lowest BCUT2D eigenvalue weighted by Crippen LogP contribution is -2.44. The van der Waals surface area contributed by atoms with Gasteiger partial charge in [0.2, 0.25) is 5.88 Å². The molecule has 1 fully saturated rings. The number of amidine groups is 1. The molecule has 2 aromatic heterocycles. The molecule has 2 aliphatic rings. The minimum absolute atomic E-state index is 0.102. The fraction of sp³-hybridized carbons (Fsp3) is 0.304. The zero-order valence-corrected chi connectivity index (χ0v) is 18.6. The van der Waals surface area contributed by atoms with Crippen molar-refractivity contribution in [1.29, 1.82) is 0 Å². The summed E-state index contributed by atoms with van der Waals surface area (Å²) in [6, 6.07) is 10.9. The number of nitrogens with zero attached hydrogens (tertiary/aromatic N) is 5. The lowest BCUT2D eigenvalue weighted by Gasteiger charge is -2.17. The summed E-state index contributed by atoms with van der Waals surface area (Å²) in [6.45, 7) is -0.423. The molecule has 11 heteroatoms. The fourth-order valence-electron chi connectivity index (χ4n) is 3.85. The van der Waals surface area contributed by atoms with E-state index in [4.69, 9.17) is 9.47 Å². The molecule has 1 aliphatic carbocycles. The van der Waals surface area contributed by atoms with Gasteiger partial charge in [0.05, 0.1) is 25.5 Å². The number of hydrazine groups is 2. The topological polar surface area (TPSA) is 96.8 Å². The summed E-state index contributed by atoms with van der Waals surface area (Å²) in [5.74, 6) is 2.63. The Kier molecular flexibility index (Phi) is 5.93. The van der Waals surface area contributed by atoms with Crippen molar-refractivity contribution in [3.8, 4) is 22.8 Å². The van der Waals surface area contributed by atoms with Gasteiger partial charge in [-0.25, -0.2) is 15.5 Å². The van der Waals surface area contributed by atoms with Gasteiger partial charge in [-0.05, 0) is 31.0 Å². The van der Waals surface area contributed by atoms with Gasteiger partial charge in [-0.3, -0.25) is 4.98 Å². The number of methoxy groups -OCH3 is 1. The average Bonchev–Trinajstić information content (AvgIpc) is 3.46. The second-order valence-corrected chi connectivity index (χ2v) is 8.06. The van der Waals surface area contributed by atoms with Gasteiger partial charge in [0, 0.05) is 29.3 Å². The summed E-state index contributed by atoms with van der Waals surface area (Å²) >= 11 is 0. The SMILES string of the molecule is COc1ccc([C@H]2C[C@@H]2COc2nc(C)ncc2-c2ccc(C3=NNNN3C(F)F)cc2)nc1. The third kappa shape index (κ3) is 4.46. The third-order valence-electron chi connectivity index (χ3n) is 5.82. The predicted molar refractivity (Wildman–Crippen MR) is 120 cm³/mol.